The molecule has 0 unspecified atom stereocenters. The van der Waals surface area contributed by atoms with Crippen LogP contribution in [0.3, 0.4) is 0 Å². The average molecular weight is 322 g/mol. The minimum atomic E-state index is -0.416. The number of esters is 1. The molecule has 0 spiro atoms. The van der Waals surface area contributed by atoms with Crippen LogP contribution in [-0.2, 0) is 4.79 Å². The van der Waals surface area contributed by atoms with Crippen molar-refractivity contribution >= 4 is 16.9 Å². The summed E-state index contributed by atoms with van der Waals surface area (Å²) in [4.78, 5) is 23.6. The van der Waals surface area contributed by atoms with E-state index in [9.17, 15) is 9.59 Å². The Morgan fingerprint density at radius 2 is 1.88 bits per heavy atom. The van der Waals surface area contributed by atoms with Gasteiger partial charge in [-0.2, -0.15) is 0 Å². The van der Waals surface area contributed by atoms with Crippen LogP contribution in [0, 0.1) is 6.92 Å². The lowest BCUT2D eigenvalue weighted by molar-refractivity contribution is -0.134. The number of benzene rings is 2. The van der Waals surface area contributed by atoms with Crippen molar-refractivity contribution in [1.29, 1.82) is 0 Å². The van der Waals surface area contributed by atoms with Crippen molar-refractivity contribution in [3.05, 3.63) is 76.1 Å². The van der Waals surface area contributed by atoms with E-state index in [-0.39, 0.29) is 18.3 Å². The third-order valence-corrected chi connectivity index (χ3v) is 4.00. The molecule has 0 fully saturated rings. The predicted octanol–water partition coefficient (Wildman–Crippen LogP) is 4.20. The van der Waals surface area contributed by atoms with E-state index in [1.807, 2.05) is 44.2 Å². The number of rotatable bonds is 4. The molecule has 1 atom stereocenters. The maximum atomic E-state index is 12.2. The van der Waals surface area contributed by atoms with Gasteiger partial charge in [0.1, 0.15) is 11.3 Å². The second-order valence-electron chi connectivity index (χ2n) is 5.90. The van der Waals surface area contributed by atoms with Crippen molar-refractivity contribution in [3.63, 3.8) is 0 Å². The molecule has 1 aromatic heterocycles. The Bertz CT molecular complexity index is 925. The highest BCUT2D eigenvalue weighted by atomic mass is 16.5. The molecule has 0 amide bonds. The largest absolute Gasteiger partial charge is 0.426 e. The molecule has 3 aromatic rings. The van der Waals surface area contributed by atoms with Gasteiger partial charge in [-0.3, -0.25) is 4.79 Å². The van der Waals surface area contributed by atoms with Crippen LogP contribution in [0.15, 0.2) is 63.8 Å². The van der Waals surface area contributed by atoms with Gasteiger partial charge in [-0.15, -0.1) is 0 Å². The van der Waals surface area contributed by atoms with E-state index in [1.54, 1.807) is 18.2 Å². The average Bonchev–Trinajstić information content (AvgIpc) is 2.55. The summed E-state index contributed by atoms with van der Waals surface area (Å²) in [7, 11) is 0. The number of fused-ring (bicyclic) bond motifs is 1. The predicted molar refractivity (Wildman–Crippen MR) is 92.3 cm³/mol. The number of ether oxygens (including phenoxy) is 1. The number of aryl methyl sites for hydroxylation is 1. The fourth-order valence-corrected chi connectivity index (χ4v) is 2.69. The molecule has 0 radical (unpaired) electrons. The summed E-state index contributed by atoms with van der Waals surface area (Å²) in [5.74, 6) is 0.126. The monoisotopic (exact) mass is 322 g/mol. The topological polar surface area (TPSA) is 56.5 Å². The Morgan fingerprint density at radius 3 is 2.62 bits per heavy atom. The minimum Gasteiger partial charge on any atom is -0.426 e. The summed E-state index contributed by atoms with van der Waals surface area (Å²) in [6, 6.07) is 16.3. The third-order valence-electron chi connectivity index (χ3n) is 4.00. The van der Waals surface area contributed by atoms with Crippen molar-refractivity contribution < 1.29 is 13.9 Å². The highest BCUT2D eigenvalue weighted by molar-refractivity contribution is 5.82. The first-order valence-corrected chi connectivity index (χ1v) is 7.83. The van der Waals surface area contributed by atoms with Crippen LogP contribution in [0.5, 0.6) is 5.75 Å². The van der Waals surface area contributed by atoms with Crippen molar-refractivity contribution in [2.45, 2.75) is 26.2 Å². The summed E-state index contributed by atoms with van der Waals surface area (Å²) in [5.41, 5.74) is 1.92. The molecule has 122 valence electrons. The van der Waals surface area contributed by atoms with E-state index in [0.717, 1.165) is 16.5 Å². The lowest BCUT2D eigenvalue weighted by Gasteiger charge is -2.11. The van der Waals surface area contributed by atoms with E-state index in [1.165, 1.54) is 6.07 Å². The Labute approximate surface area is 139 Å². The van der Waals surface area contributed by atoms with Crippen LogP contribution in [0.25, 0.3) is 11.0 Å². The Balaban J connectivity index is 1.75. The third kappa shape index (κ3) is 3.54. The summed E-state index contributed by atoms with van der Waals surface area (Å²) < 4.78 is 10.6. The van der Waals surface area contributed by atoms with Crippen molar-refractivity contribution in [1.82, 2.24) is 0 Å². The number of hydrogen-bond acceptors (Lipinski definition) is 4. The smallest absolute Gasteiger partial charge is 0.336 e. The fourth-order valence-electron chi connectivity index (χ4n) is 2.69. The summed E-state index contributed by atoms with van der Waals surface area (Å²) in [5, 5.41) is 0.826. The van der Waals surface area contributed by atoms with Gasteiger partial charge in [-0.1, -0.05) is 37.3 Å². The van der Waals surface area contributed by atoms with Gasteiger partial charge in [0.05, 0.1) is 6.42 Å². The normalized spacial score (nSPS) is 12.1. The highest BCUT2D eigenvalue weighted by Crippen LogP contribution is 2.24. The number of carbonyl (C=O) groups excluding carboxylic acids is 1. The first-order valence-electron chi connectivity index (χ1n) is 7.83. The summed E-state index contributed by atoms with van der Waals surface area (Å²) >= 11 is 0. The van der Waals surface area contributed by atoms with Crippen LogP contribution in [0.1, 0.15) is 30.4 Å². The molecule has 0 saturated heterocycles. The molecular weight excluding hydrogens is 304 g/mol. The highest BCUT2D eigenvalue weighted by Gasteiger charge is 2.13. The Kier molecular flexibility index (Phi) is 4.47. The molecule has 2 aromatic carbocycles. The summed E-state index contributed by atoms with van der Waals surface area (Å²) in [6.07, 6.45) is 0.278. The van der Waals surface area contributed by atoms with Crippen LogP contribution < -0.4 is 10.4 Å². The van der Waals surface area contributed by atoms with Gasteiger partial charge < -0.3 is 9.15 Å². The molecule has 0 aliphatic carbocycles. The quantitative estimate of drug-likeness (QED) is 0.410. The van der Waals surface area contributed by atoms with Gasteiger partial charge in [-0.05, 0) is 36.1 Å². The Morgan fingerprint density at radius 1 is 1.12 bits per heavy atom. The Hall–Kier alpha value is -2.88. The van der Waals surface area contributed by atoms with Crippen LogP contribution in [-0.4, -0.2) is 5.97 Å². The molecule has 3 rings (SSSR count). The van der Waals surface area contributed by atoms with Crippen LogP contribution >= 0.6 is 0 Å². The number of hydrogen-bond donors (Lipinski definition) is 0. The SMILES string of the molecule is Cc1cc(=O)oc2cc(OC(=O)C[C@H](C)c3ccccc3)ccc12. The zero-order chi connectivity index (χ0) is 17.1. The fraction of sp³-hybridized carbons (Fsp3) is 0.200. The van der Waals surface area contributed by atoms with Gasteiger partial charge in [-0.25, -0.2) is 4.79 Å². The van der Waals surface area contributed by atoms with Crippen molar-refractivity contribution in [3.8, 4) is 5.75 Å². The first kappa shape index (κ1) is 16.0. The van der Waals surface area contributed by atoms with Crippen LogP contribution in [0.2, 0.25) is 0 Å². The van der Waals surface area contributed by atoms with Gasteiger partial charge >= 0.3 is 11.6 Å². The first-order chi connectivity index (χ1) is 11.5. The zero-order valence-electron chi connectivity index (χ0n) is 13.6. The standard InChI is InChI=1S/C20H18O4/c1-13(15-6-4-3-5-7-15)10-19(21)23-16-8-9-17-14(2)11-20(22)24-18(17)12-16/h3-9,11-13H,10H2,1-2H3/t13-/m0/s1. The van der Waals surface area contributed by atoms with E-state index in [2.05, 4.69) is 0 Å². The molecule has 0 aliphatic heterocycles. The second-order valence-corrected chi connectivity index (χ2v) is 5.90. The van der Waals surface area contributed by atoms with Crippen molar-refractivity contribution in [2.75, 3.05) is 0 Å². The van der Waals surface area contributed by atoms with E-state index >= 15 is 0 Å². The van der Waals surface area contributed by atoms with Crippen molar-refractivity contribution in [2.24, 2.45) is 0 Å². The maximum absolute atomic E-state index is 12.2. The molecule has 0 aliphatic rings. The van der Waals surface area contributed by atoms with E-state index < -0.39 is 5.63 Å². The lowest BCUT2D eigenvalue weighted by Crippen LogP contribution is -2.11. The second kappa shape index (κ2) is 6.71. The van der Waals surface area contributed by atoms with Gasteiger partial charge in [0.25, 0.3) is 0 Å². The van der Waals surface area contributed by atoms with Crippen LogP contribution in [0.4, 0.5) is 0 Å². The maximum Gasteiger partial charge on any atom is 0.336 e. The molecular formula is C20H18O4. The molecule has 0 saturated carbocycles. The molecule has 0 bridgehead atoms. The van der Waals surface area contributed by atoms with Gasteiger partial charge in [0.2, 0.25) is 0 Å². The number of carbonyl (C=O) groups is 1. The molecule has 24 heavy (non-hydrogen) atoms. The minimum absolute atomic E-state index is 0.0688. The van der Waals surface area contributed by atoms with Gasteiger partial charge in [0.15, 0.2) is 0 Å². The van der Waals surface area contributed by atoms with E-state index in [4.69, 9.17) is 9.15 Å². The molecule has 4 nitrogen and oxygen atoms in total. The molecule has 4 heteroatoms. The lowest BCUT2D eigenvalue weighted by atomic mass is 9.98. The van der Waals surface area contributed by atoms with Gasteiger partial charge in [0, 0.05) is 17.5 Å². The zero-order valence-corrected chi connectivity index (χ0v) is 13.6. The van der Waals surface area contributed by atoms with E-state index in [0.29, 0.717) is 11.3 Å². The summed E-state index contributed by atoms with van der Waals surface area (Å²) in [6.45, 7) is 3.83. The molecule has 0 N–H and O–H groups in total. The molecule has 1 heterocycles.